The first-order chi connectivity index (χ1) is 8.67. The monoisotopic (exact) mass is 308 g/mol. The Labute approximate surface area is 114 Å². The van der Waals surface area contributed by atoms with Crippen molar-refractivity contribution in [2.45, 2.75) is 13.5 Å². The van der Waals surface area contributed by atoms with Crippen LogP contribution in [0.15, 0.2) is 35.1 Å². The number of rotatable bonds is 4. The second kappa shape index (κ2) is 5.35. The van der Waals surface area contributed by atoms with E-state index in [1.165, 1.54) is 0 Å². The number of carbonyl (C=O) groups excluding carboxylic acids is 1. The summed E-state index contributed by atoms with van der Waals surface area (Å²) in [6.07, 6.45) is 3.43. The molecular formula is C13H13BrN2O2. The van der Waals surface area contributed by atoms with Gasteiger partial charge in [0.1, 0.15) is 5.75 Å². The number of hydrogen-bond donors (Lipinski definition) is 0. The second-order valence-corrected chi connectivity index (χ2v) is 4.57. The SMILES string of the molecule is CCn1ccnc1C(=O)c1ccc(OC)c(Br)c1. The third-order valence-electron chi connectivity index (χ3n) is 2.67. The van der Waals surface area contributed by atoms with E-state index in [1.807, 2.05) is 11.5 Å². The standard InChI is InChI=1S/C13H13BrN2O2/c1-3-16-7-6-15-13(16)12(17)9-4-5-11(18-2)10(14)8-9/h4-8H,3H2,1-2H3. The Kier molecular flexibility index (Phi) is 3.81. The summed E-state index contributed by atoms with van der Waals surface area (Å²) < 4.78 is 7.71. The molecule has 0 bridgehead atoms. The fourth-order valence-corrected chi connectivity index (χ4v) is 2.25. The number of ketones is 1. The Hall–Kier alpha value is -1.62. The Morgan fingerprint density at radius 1 is 1.50 bits per heavy atom. The van der Waals surface area contributed by atoms with Gasteiger partial charge < -0.3 is 9.30 Å². The van der Waals surface area contributed by atoms with Gasteiger partial charge in [-0.05, 0) is 41.1 Å². The number of nitrogens with zero attached hydrogens (tertiary/aromatic N) is 2. The molecule has 1 heterocycles. The van der Waals surface area contributed by atoms with Crippen molar-refractivity contribution in [3.63, 3.8) is 0 Å². The zero-order chi connectivity index (χ0) is 13.1. The van der Waals surface area contributed by atoms with Gasteiger partial charge in [0.2, 0.25) is 5.78 Å². The van der Waals surface area contributed by atoms with Crippen LogP contribution >= 0.6 is 15.9 Å². The van der Waals surface area contributed by atoms with Crippen molar-refractivity contribution in [3.8, 4) is 5.75 Å². The minimum atomic E-state index is -0.0924. The lowest BCUT2D eigenvalue weighted by atomic mass is 10.1. The molecule has 5 heteroatoms. The number of carbonyl (C=O) groups is 1. The Balaban J connectivity index is 2.37. The quantitative estimate of drug-likeness (QED) is 0.816. The minimum absolute atomic E-state index is 0.0924. The molecule has 1 aromatic heterocycles. The van der Waals surface area contributed by atoms with E-state index in [-0.39, 0.29) is 5.78 Å². The molecule has 1 aromatic carbocycles. The maximum atomic E-state index is 12.3. The van der Waals surface area contributed by atoms with E-state index in [9.17, 15) is 4.79 Å². The summed E-state index contributed by atoms with van der Waals surface area (Å²) in [5.41, 5.74) is 0.587. The van der Waals surface area contributed by atoms with E-state index >= 15 is 0 Å². The van der Waals surface area contributed by atoms with Gasteiger partial charge in [0, 0.05) is 24.5 Å². The predicted molar refractivity (Wildman–Crippen MR) is 72.0 cm³/mol. The summed E-state index contributed by atoms with van der Waals surface area (Å²) in [6.45, 7) is 2.70. The summed E-state index contributed by atoms with van der Waals surface area (Å²) in [7, 11) is 1.59. The first-order valence-electron chi connectivity index (χ1n) is 5.56. The first-order valence-corrected chi connectivity index (χ1v) is 6.36. The van der Waals surface area contributed by atoms with Crippen LogP contribution in [0.3, 0.4) is 0 Å². The van der Waals surface area contributed by atoms with E-state index in [4.69, 9.17) is 4.74 Å². The van der Waals surface area contributed by atoms with Gasteiger partial charge in [-0.15, -0.1) is 0 Å². The molecule has 0 aliphatic carbocycles. The molecule has 0 radical (unpaired) electrons. The second-order valence-electron chi connectivity index (χ2n) is 3.72. The van der Waals surface area contributed by atoms with E-state index in [2.05, 4.69) is 20.9 Å². The summed E-state index contributed by atoms with van der Waals surface area (Å²) in [4.78, 5) is 16.4. The van der Waals surface area contributed by atoms with E-state index < -0.39 is 0 Å². The van der Waals surface area contributed by atoms with Gasteiger partial charge >= 0.3 is 0 Å². The van der Waals surface area contributed by atoms with Crippen LogP contribution in [-0.4, -0.2) is 22.4 Å². The van der Waals surface area contributed by atoms with E-state index in [1.54, 1.807) is 37.7 Å². The molecule has 94 valence electrons. The molecule has 0 aliphatic heterocycles. The maximum absolute atomic E-state index is 12.3. The van der Waals surface area contributed by atoms with Crippen LogP contribution in [0.2, 0.25) is 0 Å². The normalized spacial score (nSPS) is 10.4. The average Bonchev–Trinajstić information content (AvgIpc) is 2.86. The van der Waals surface area contributed by atoms with Crippen LogP contribution < -0.4 is 4.74 Å². The van der Waals surface area contributed by atoms with E-state index in [0.29, 0.717) is 17.1 Å². The largest absolute Gasteiger partial charge is 0.496 e. The number of hydrogen-bond acceptors (Lipinski definition) is 3. The number of methoxy groups -OCH3 is 1. The molecule has 4 nitrogen and oxygen atoms in total. The van der Waals surface area contributed by atoms with Crippen LogP contribution in [0.5, 0.6) is 5.75 Å². The van der Waals surface area contributed by atoms with Gasteiger partial charge in [0.05, 0.1) is 11.6 Å². The summed E-state index contributed by atoms with van der Waals surface area (Å²) in [5.74, 6) is 1.06. The van der Waals surface area contributed by atoms with Crippen molar-refractivity contribution in [1.82, 2.24) is 9.55 Å². The topological polar surface area (TPSA) is 44.1 Å². The average molecular weight is 309 g/mol. The van der Waals surface area contributed by atoms with Crippen LogP contribution in [0.1, 0.15) is 23.1 Å². The summed E-state index contributed by atoms with van der Waals surface area (Å²) >= 11 is 3.37. The highest BCUT2D eigenvalue weighted by Crippen LogP contribution is 2.26. The number of halogens is 1. The zero-order valence-electron chi connectivity index (χ0n) is 10.2. The molecule has 0 saturated heterocycles. The smallest absolute Gasteiger partial charge is 0.228 e. The van der Waals surface area contributed by atoms with E-state index in [0.717, 1.165) is 11.0 Å². The van der Waals surface area contributed by atoms with Crippen LogP contribution in [0.25, 0.3) is 0 Å². The van der Waals surface area contributed by atoms with Gasteiger partial charge in [0.15, 0.2) is 5.82 Å². The van der Waals surface area contributed by atoms with Gasteiger partial charge in [-0.3, -0.25) is 4.79 Å². The lowest BCUT2D eigenvalue weighted by molar-refractivity contribution is 0.102. The zero-order valence-corrected chi connectivity index (χ0v) is 11.8. The van der Waals surface area contributed by atoms with Crippen LogP contribution in [0, 0.1) is 0 Å². The Morgan fingerprint density at radius 2 is 2.28 bits per heavy atom. The minimum Gasteiger partial charge on any atom is -0.496 e. The van der Waals surface area contributed by atoms with Crippen molar-refractivity contribution >= 4 is 21.7 Å². The highest BCUT2D eigenvalue weighted by molar-refractivity contribution is 9.10. The predicted octanol–water partition coefficient (Wildman–Crippen LogP) is 2.91. The molecule has 0 N–H and O–H groups in total. The molecule has 0 amide bonds. The first kappa shape index (κ1) is 12.8. The van der Waals surface area contributed by atoms with Crippen molar-refractivity contribution in [2.75, 3.05) is 7.11 Å². The number of imidazole rings is 1. The number of aryl methyl sites for hydroxylation is 1. The Bertz CT molecular complexity index is 578. The van der Waals surface area contributed by atoms with Gasteiger partial charge in [-0.1, -0.05) is 0 Å². The number of ether oxygens (including phenoxy) is 1. The fourth-order valence-electron chi connectivity index (χ4n) is 1.71. The van der Waals surface area contributed by atoms with Crippen molar-refractivity contribution in [3.05, 3.63) is 46.5 Å². The number of benzene rings is 1. The number of aromatic nitrogens is 2. The van der Waals surface area contributed by atoms with Crippen LogP contribution in [-0.2, 0) is 6.54 Å². The van der Waals surface area contributed by atoms with Gasteiger partial charge in [-0.2, -0.15) is 0 Å². The van der Waals surface area contributed by atoms with Crippen molar-refractivity contribution in [2.24, 2.45) is 0 Å². The molecular weight excluding hydrogens is 296 g/mol. The molecule has 0 aliphatic rings. The summed E-state index contributed by atoms with van der Waals surface area (Å²) in [6, 6.07) is 5.24. The Morgan fingerprint density at radius 3 is 2.89 bits per heavy atom. The van der Waals surface area contributed by atoms with Crippen molar-refractivity contribution in [1.29, 1.82) is 0 Å². The highest BCUT2D eigenvalue weighted by Gasteiger charge is 2.15. The lowest BCUT2D eigenvalue weighted by Crippen LogP contribution is -2.10. The molecule has 0 unspecified atom stereocenters. The molecule has 0 fully saturated rings. The lowest BCUT2D eigenvalue weighted by Gasteiger charge is -2.06. The van der Waals surface area contributed by atoms with Gasteiger partial charge in [-0.25, -0.2) is 4.98 Å². The molecule has 18 heavy (non-hydrogen) atoms. The fraction of sp³-hybridized carbons (Fsp3) is 0.231. The molecule has 0 spiro atoms. The molecule has 2 rings (SSSR count). The third-order valence-corrected chi connectivity index (χ3v) is 3.29. The highest BCUT2D eigenvalue weighted by atomic mass is 79.9. The molecule has 0 saturated carbocycles. The van der Waals surface area contributed by atoms with Crippen molar-refractivity contribution < 1.29 is 9.53 Å². The van der Waals surface area contributed by atoms with Crippen LogP contribution in [0.4, 0.5) is 0 Å². The van der Waals surface area contributed by atoms with Gasteiger partial charge in [0.25, 0.3) is 0 Å². The summed E-state index contributed by atoms with van der Waals surface area (Å²) in [5, 5.41) is 0. The molecule has 0 atom stereocenters. The molecule has 2 aromatic rings. The third kappa shape index (κ3) is 2.31. The maximum Gasteiger partial charge on any atom is 0.228 e.